The number of hydrogen-bond acceptors (Lipinski definition) is 3. The highest BCUT2D eigenvalue weighted by molar-refractivity contribution is 5.84. The summed E-state index contributed by atoms with van der Waals surface area (Å²) in [4.78, 5) is 16.7. The van der Waals surface area contributed by atoms with E-state index in [0.717, 1.165) is 13.1 Å². The Morgan fingerprint density at radius 1 is 1.29 bits per heavy atom. The lowest BCUT2D eigenvalue weighted by atomic mass is 10.1. The summed E-state index contributed by atoms with van der Waals surface area (Å²) < 4.78 is 0. The van der Waals surface area contributed by atoms with Crippen LogP contribution in [0.3, 0.4) is 0 Å². The molecule has 0 aliphatic carbocycles. The van der Waals surface area contributed by atoms with E-state index < -0.39 is 0 Å². The van der Waals surface area contributed by atoms with Crippen LogP contribution in [0.2, 0.25) is 0 Å². The Hall–Kier alpha value is -0.610. The van der Waals surface area contributed by atoms with E-state index in [2.05, 4.69) is 31.0 Å². The van der Waals surface area contributed by atoms with Gasteiger partial charge in [-0.25, -0.2) is 0 Å². The van der Waals surface area contributed by atoms with Crippen molar-refractivity contribution in [1.82, 2.24) is 15.1 Å². The third-order valence-electron chi connectivity index (χ3n) is 3.96. The fourth-order valence-corrected chi connectivity index (χ4v) is 2.83. The van der Waals surface area contributed by atoms with Crippen LogP contribution < -0.4 is 5.32 Å². The third kappa shape index (κ3) is 2.80. The van der Waals surface area contributed by atoms with E-state index in [9.17, 15) is 4.79 Å². The second-order valence-electron chi connectivity index (χ2n) is 5.64. The highest BCUT2D eigenvalue weighted by atomic mass is 16.2. The number of likely N-dealkylation sites (tertiary alicyclic amines) is 1. The summed E-state index contributed by atoms with van der Waals surface area (Å²) in [6, 6.07) is 0.0172. The monoisotopic (exact) mass is 239 g/mol. The van der Waals surface area contributed by atoms with Gasteiger partial charge in [0.05, 0.1) is 12.2 Å². The molecule has 0 aromatic carbocycles. The maximum atomic E-state index is 12.2. The first-order valence-corrected chi connectivity index (χ1v) is 6.88. The largest absolute Gasteiger partial charge is 0.325 e. The summed E-state index contributed by atoms with van der Waals surface area (Å²) in [7, 11) is 0. The molecule has 2 aliphatic rings. The molecule has 0 spiro atoms. The van der Waals surface area contributed by atoms with Crippen molar-refractivity contribution in [2.45, 2.75) is 45.8 Å². The highest BCUT2D eigenvalue weighted by Gasteiger charge is 2.37. The van der Waals surface area contributed by atoms with E-state index in [4.69, 9.17) is 0 Å². The van der Waals surface area contributed by atoms with Gasteiger partial charge in [0.2, 0.25) is 5.91 Å². The Labute approximate surface area is 104 Å². The Morgan fingerprint density at radius 3 is 2.47 bits per heavy atom. The molecular formula is C13H25N3O. The second-order valence-corrected chi connectivity index (χ2v) is 5.64. The lowest BCUT2D eigenvalue weighted by Gasteiger charge is -2.24. The van der Waals surface area contributed by atoms with Crippen LogP contribution in [0.15, 0.2) is 0 Å². The number of rotatable bonds is 4. The molecular weight excluding hydrogens is 214 g/mol. The summed E-state index contributed by atoms with van der Waals surface area (Å²) in [5, 5.41) is 3.39. The molecule has 98 valence electrons. The first-order valence-electron chi connectivity index (χ1n) is 6.88. The molecule has 2 aliphatic heterocycles. The Kier molecular flexibility index (Phi) is 4.05. The lowest BCUT2D eigenvalue weighted by molar-refractivity contribution is -0.130. The van der Waals surface area contributed by atoms with Crippen LogP contribution in [0.25, 0.3) is 0 Å². The molecule has 2 atom stereocenters. The SMILES string of the molecule is CC(C)C1NC(C)N(CCN2CCCC2)C1=O. The summed E-state index contributed by atoms with van der Waals surface area (Å²) in [6.07, 6.45) is 2.82. The Bertz CT molecular complexity index is 274. The van der Waals surface area contributed by atoms with Crippen LogP contribution in [-0.2, 0) is 4.79 Å². The minimum Gasteiger partial charge on any atom is -0.325 e. The van der Waals surface area contributed by atoms with E-state index in [-0.39, 0.29) is 18.1 Å². The van der Waals surface area contributed by atoms with Gasteiger partial charge in [-0.05, 0) is 38.8 Å². The molecule has 2 saturated heterocycles. The molecule has 4 heteroatoms. The van der Waals surface area contributed by atoms with Gasteiger partial charge >= 0.3 is 0 Å². The zero-order valence-corrected chi connectivity index (χ0v) is 11.3. The molecule has 2 rings (SSSR count). The molecule has 1 amide bonds. The van der Waals surface area contributed by atoms with Crippen LogP contribution in [0, 0.1) is 5.92 Å². The number of carbonyl (C=O) groups excluding carboxylic acids is 1. The summed E-state index contributed by atoms with van der Waals surface area (Å²) in [5.74, 6) is 0.661. The fourth-order valence-electron chi connectivity index (χ4n) is 2.83. The van der Waals surface area contributed by atoms with E-state index in [0.29, 0.717) is 5.92 Å². The molecule has 2 unspecified atom stereocenters. The molecule has 4 nitrogen and oxygen atoms in total. The molecule has 1 N–H and O–H groups in total. The van der Waals surface area contributed by atoms with Crippen LogP contribution in [0.1, 0.15) is 33.6 Å². The maximum absolute atomic E-state index is 12.2. The van der Waals surface area contributed by atoms with Crippen molar-refractivity contribution >= 4 is 5.91 Å². The van der Waals surface area contributed by atoms with Crippen molar-refractivity contribution in [1.29, 1.82) is 0 Å². The smallest absolute Gasteiger partial charge is 0.241 e. The van der Waals surface area contributed by atoms with Crippen molar-refractivity contribution in [3.05, 3.63) is 0 Å². The van der Waals surface area contributed by atoms with Crippen molar-refractivity contribution in [2.75, 3.05) is 26.2 Å². The fraction of sp³-hybridized carbons (Fsp3) is 0.923. The number of carbonyl (C=O) groups is 1. The molecule has 2 fully saturated rings. The number of nitrogens with one attached hydrogen (secondary N) is 1. The summed E-state index contributed by atoms with van der Waals surface area (Å²) in [6.45, 7) is 10.6. The Morgan fingerprint density at radius 2 is 1.94 bits per heavy atom. The summed E-state index contributed by atoms with van der Waals surface area (Å²) in [5.41, 5.74) is 0. The van der Waals surface area contributed by atoms with E-state index in [1.807, 2.05) is 4.90 Å². The van der Waals surface area contributed by atoms with Gasteiger partial charge in [-0.15, -0.1) is 0 Å². The molecule has 17 heavy (non-hydrogen) atoms. The number of amides is 1. The molecule has 0 aromatic heterocycles. The van der Waals surface area contributed by atoms with Crippen LogP contribution >= 0.6 is 0 Å². The minimum atomic E-state index is 0.0172. The molecule has 0 saturated carbocycles. The zero-order chi connectivity index (χ0) is 12.4. The molecule has 0 radical (unpaired) electrons. The van der Waals surface area contributed by atoms with Gasteiger partial charge in [-0.1, -0.05) is 13.8 Å². The highest BCUT2D eigenvalue weighted by Crippen LogP contribution is 2.17. The molecule has 2 heterocycles. The van der Waals surface area contributed by atoms with Gasteiger partial charge in [0.1, 0.15) is 0 Å². The van der Waals surface area contributed by atoms with Crippen LogP contribution in [0.4, 0.5) is 0 Å². The standard InChI is InChI=1S/C13H25N3O/c1-10(2)12-13(17)16(11(3)14-12)9-8-15-6-4-5-7-15/h10-12,14H,4-9H2,1-3H3. The third-order valence-corrected chi connectivity index (χ3v) is 3.96. The van der Waals surface area contributed by atoms with Gasteiger partial charge in [0.15, 0.2) is 0 Å². The Balaban J connectivity index is 1.85. The lowest BCUT2D eigenvalue weighted by Crippen LogP contribution is -2.40. The zero-order valence-electron chi connectivity index (χ0n) is 11.3. The van der Waals surface area contributed by atoms with Crippen molar-refractivity contribution in [3.63, 3.8) is 0 Å². The first kappa shape index (κ1) is 12.8. The van der Waals surface area contributed by atoms with Crippen molar-refractivity contribution < 1.29 is 4.79 Å². The van der Waals surface area contributed by atoms with Gasteiger partial charge in [0, 0.05) is 13.1 Å². The number of nitrogens with zero attached hydrogens (tertiary/aromatic N) is 2. The minimum absolute atomic E-state index is 0.0172. The predicted molar refractivity (Wildman–Crippen MR) is 68.6 cm³/mol. The summed E-state index contributed by atoms with van der Waals surface area (Å²) >= 11 is 0. The molecule has 0 aromatic rings. The normalized spacial score (nSPS) is 30.8. The first-order chi connectivity index (χ1) is 8.09. The van der Waals surface area contributed by atoms with Gasteiger partial charge in [-0.3, -0.25) is 10.1 Å². The number of hydrogen-bond donors (Lipinski definition) is 1. The van der Waals surface area contributed by atoms with E-state index in [1.165, 1.54) is 25.9 Å². The van der Waals surface area contributed by atoms with Gasteiger partial charge in [-0.2, -0.15) is 0 Å². The second kappa shape index (κ2) is 5.36. The van der Waals surface area contributed by atoms with Gasteiger partial charge < -0.3 is 9.80 Å². The average molecular weight is 239 g/mol. The van der Waals surface area contributed by atoms with E-state index >= 15 is 0 Å². The predicted octanol–water partition coefficient (Wildman–Crippen LogP) is 0.885. The quantitative estimate of drug-likeness (QED) is 0.791. The van der Waals surface area contributed by atoms with Crippen LogP contribution in [0.5, 0.6) is 0 Å². The van der Waals surface area contributed by atoms with Crippen molar-refractivity contribution in [3.8, 4) is 0 Å². The molecule has 0 bridgehead atoms. The maximum Gasteiger partial charge on any atom is 0.241 e. The van der Waals surface area contributed by atoms with E-state index in [1.54, 1.807) is 0 Å². The topological polar surface area (TPSA) is 35.6 Å². The van der Waals surface area contributed by atoms with Gasteiger partial charge in [0.25, 0.3) is 0 Å². The van der Waals surface area contributed by atoms with Crippen molar-refractivity contribution in [2.24, 2.45) is 5.92 Å². The average Bonchev–Trinajstić information content (AvgIpc) is 2.86. The van der Waals surface area contributed by atoms with Crippen LogP contribution in [-0.4, -0.2) is 54.1 Å².